The van der Waals surface area contributed by atoms with E-state index < -0.39 is 17.7 Å². The Kier molecular flexibility index (Phi) is 6.30. The van der Waals surface area contributed by atoms with Gasteiger partial charge in [0, 0.05) is 32.2 Å². The fourth-order valence-electron chi connectivity index (χ4n) is 3.19. The van der Waals surface area contributed by atoms with Crippen LogP contribution in [0, 0.1) is 11.6 Å². The lowest BCUT2D eigenvalue weighted by atomic mass is 10.3. The first-order valence-corrected chi connectivity index (χ1v) is 10.2. The Balaban J connectivity index is 1.69. The summed E-state index contributed by atoms with van der Waals surface area (Å²) in [6.07, 6.45) is 0.260. The third kappa shape index (κ3) is 4.60. The van der Waals surface area contributed by atoms with Gasteiger partial charge < -0.3 is 14.6 Å². The fraction of sp³-hybridized carbons (Fsp3) is 0.316. The second kappa shape index (κ2) is 9.12. The highest BCUT2D eigenvalue weighted by Crippen LogP contribution is 2.30. The van der Waals surface area contributed by atoms with Crippen LogP contribution in [0.4, 0.5) is 19.4 Å². The molecule has 0 spiro atoms. The minimum absolute atomic E-state index is 0.106. The number of ether oxygens (including phenoxy) is 2. The van der Waals surface area contributed by atoms with Gasteiger partial charge in [-0.05, 0) is 28.1 Å². The predicted molar refractivity (Wildman–Crippen MR) is 110 cm³/mol. The van der Waals surface area contributed by atoms with Crippen molar-refractivity contribution < 1.29 is 28.2 Å². The molecule has 1 aromatic carbocycles. The zero-order valence-electron chi connectivity index (χ0n) is 16.2. The molecular formula is C19H18BrF2N5O4. The highest BCUT2D eigenvalue weighted by Gasteiger charge is 2.23. The number of hydrogen-bond donors (Lipinski definition) is 1. The van der Waals surface area contributed by atoms with E-state index in [9.17, 15) is 18.7 Å². The number of aromatic nitrogens is 3. The normalized spacial score (nSPS) is 14.7. The van der Waals surface area contributed by atoms with Gasteiger partial charge in [-0.1, -0.05) is 6.07 Å². The molecule has 1 aliphatic heterocycles. The molecular weight excluding hydrogens is 480 g/mol. The van der Waals surface area contributed by atoms with E-state index in [-0.39, 0.29) is 29.6 Å². The number of benzene rings is 1. The Labute approximate surface area is 183 Å². The van der Waals surface area contributed by atoms with E-state index in [0.29, 0.717) is 37.3 Å². The van der Waals surface area contributed by atoms with E-state index in [1.807, 2.05) is 0 Å². The maximum atomic E-state index is 14.1. The average Bonchev–Trinajstić information content (AvgIpc) is 3.13. The van der Waals surface area contributed by atoms with Crippen LogP contribution in [0.2, 0.25) is 0 Å². The van der Waals surface area contributed by atoms with Crippen molar-refractivity contribution in [2.75, 3.05) is 44.3 Å². The first-order chi connectivity index (χ1) is 14.9. The molecule has 0 atom stereocenters. The van der Waals surface area contributed by atoms with Crippen LogP contribution in [0.1, 0.15) is 0 Å². The van der Waals surface area contributed by atoms with Crippen LogP contribution in [0.25, 0.3) is 5.65 Å². The number of carbonyl (C=O) groups is 1. The second-order valence-corrected chi connectivity index (χ2v) is 7.58. The number of hydrogen-bond acceptors (Lipinski definition) is 6. The van der Waals surface area contributed by atoms with Gasteiger partial charge in [-0.25, -0.2) is 9.18 Å². The molecule has 1 amide bonds. The van der Waals surface area contributed by atoms with Crippen molar-refractivity contribution >= 4 is 33.5 Å². The van der Waals surface area contributed by atoms with Gasteiger partial charge in [0.2, 0.25) is 11.7 Å². The minimum Gasteiger partial charge on any atom is -0.465 e. The zero-order chi connectivity index (χ0) is 22.0. The van der Waals surface area contributed by atoms with Gasteiger partial charge in [-0.3, -0.25) is 9.80 Å². The number of fused-ring (bicyclic) bond motifs is 1. The van der Waals surface area contributed by atoms with Crippen molar-refractivity contribution in [3.63, 3.8) is 0 Å². The minimum atomic E-state index is -1.20. The molecule has 1 saturated heterocycles. The molecule has 9 nitrogen and oxygen atoms in total. The Bertz CT molecular complexity index is 1110. The molecule has 0 radical (unpaired) electrons. The highest BCUT2D eigenvalue weighted by atomic mass is 79.9. The Morgan fingerprint density at radius 1 is 1.32 bits per heavy atom. The number of amides is 1. The van der Waals surface area contributed by atoms with Crippen LogP contribution >= 0.6 is 15.9 Å². The predicted octanol–water partition coefficient (Wildman–Crippen LogP) is 3.38. The highest BCUT2D eigenvalue weighted by molar-refractivity contribution is 9.10. The van der Waals surface area contributed by atoms with Crippen molar-refractivity contribution in [3.05, 3.63) is 46.6 Å². The molecule has 0 bridgehead atoms. The van der Waals surface area contributed by atoms with Gasteiger partial charge in [0.05, 0.1) is 23.9 Å². The SMILES string of the molecule is O=C(O)N(CCN1CCOCC1)c1cc(Oc2cccc(F)c2F)nc2c(Br)cnn12. The fourth-order valence-corrected chi connectivity index (χ4v) is 3.54. The van der Waals surface area contributed by atoms with Crippen LogP contribution in [-0.2, 0) is 4.74 Å². The van der Waals surface area contributed by atoms with E-state index in [0.717, 1.165) is 11.0 Å². The standard InChI is InChI=1S/C19H18BrF2N5O4/c20-12-11-23-27-16(26(19(28)29)5-4-25-6-8-30-9-7-25)10-15(24-18(12)27)31-14-3-1-2-13(21)17(14)22/h1-3,10-11H,4-9H2,(H,28,29). The molecule has 0 aliphatic carbocycles. The molecule has 12 heteroatoms. The van der Waals surface area contributed by atoms with Crippen molar-refractivity contribution in [2.45, 2.75) is 0 Å². The summed E-state index contributed by atoms with van der Waals surface area (Å²) in [5.74, 6) is -2.55. The molecule has 1 aliphatic rings. The first kappa shape index (κ1) is 21.4. The van der Waals surface area contributed by atoms with E-state index in [1.165, 1.54) is 28.9 Å². The number of rotatable bonds is 6. The second-order valence-electron chi connectivity index (χ2n) is 6.72. The largest absolute Gasteiger partial charge is 0.465 e. The van der Waals surface area contributed by atoms with Gasteiger partial charge in [-0.2, -0.15) is 19.0 Å². The molecule has 1 N–H and O–H groups in total. The van der Waals surface area contributed by atoms with Gasteiger partial charge in [0.15, 0.2) is 17.2 Å². The average molecular weight is 498 g/mol. The topological polar surface area (TPSA) is 92.4 Å². The maximum absolute atomic E-state index is 14.1. The van der Waals surface area contributed by atoms with Crippen molar-refractivity contribution in [1.82, 2.24) is 19.5 Å². The quantitative estimate of drug-likeness (QED) is 0.557. The third-order valence-electron chi connectivity index (χ3n) is 4.77. The summed E-state index contributed by atoms with van der Waals surface area (Å²) in [4.78, 5) is 19.5. The zero-order valence-corrected chi connectivity index (χ0v) is 17.8. The van der Waals surface area contributed by atoms with Crippen LogP contribution in [0.5, 0.6) is 11.6 Å². The summed E-state index contributed by atoms with van der Waals surface area (Å²) >= 11 is 3.31. The Hall–Kier alpha value is -2.83. The Morgan fingerprint density at radius 3 is 2.84 bits per heavy atom. The monoisotopic (exact) mass is 497 g/mol. The van der Waals surface area contributed by atoms with Gasteiger partial charge in [0.1, 0.15) is 5.82 Å². The van der Waals surface area contributed by atoms with Crippen LogP contribution < -0.4 is 9.64 Å². The molecule has 3 aromatic rings. The molecule has 4 rings (SSSR count). The number of morpholine rings is 1. The lowest BCUT2D eigenvalue weighted by molar-refractivity contribution is 0.0392. The summed E-state index contributed by atoms with van der Waals surface area (Å²) in [5.41, 5.74) is 0.266. The number of carboxylic acid groups (broad SMARTS) is 1. The van der Waals surface area contributed by atoms with Crippen LogP contribution in [-0.4, -0.2) is 70.1 Å². The van der Waals surface area contributed by atoms with E-state index >= 15 is 0 Å². The van der Waals surface area contributed by atoms with E-state index in [4.69, 9.17) is 9.47 Å². The van der Waals surface area contributed by atoms with Gasteiger partial charge in [0.25, 0.3) is 0 Å². The summed E-state index contributed by atoms with van der Waals surface area (Å²) in [6, 6.07) is 4.84. The molecule has 0 unspecified atom stereocenters. The Morgan fingerprint density at radius 2 is 2.10 bits per heavy atom. The van der Waals surface area contributed by atoms with Crippen molar-refractivity contribution in [1.29, 1.82) is 0 Å². The van der Waals surface area contributed by atoms with Gasteiger partial charge in [-0.15, -0.1) is 0 Å². The smallest absolute Gasteiger partial charge is 0.413 e. The van der Waals surface area contributed by atoms with Crippen molar-refractivity contribution in [3.8, 4) is 11.6 Å². The van der Waals surface area contributed by atoms with Crippen molar-refractivity contribution in [2.24, 2.45) is 0 Å². The first-order valence-electron chi connectivity index (χ1n) is 9.41. The molecule has 1 fully saturated rings. The van der Waals surface area contributed by atoms with E-state index in [1.54, 1.807) is 0 Å². The number of halogens is 3. The number of anilines is 1. The van der Waals surface area contributed by atoms with Crippen LogP contribution in [0.15, 0.2) is 34.9 Å². The maximum Gasteiger partial charge on any atom is 0.413 e. The summed E-state index contributed by atoms with van der Waals surface area (Å²) in [5, 5.41) is 14.0. The van der Waals surface area contributed by atoms with Crippen LogP contribution in [0.3, 0.4) is 0 Å². The third-order valence-corrected chi connectivity index (χ3v) is 5.33. The lowest BCUT2D eigenvalue weighted by Crippen LogP contribution is -2.43. The molecule has 3 heterocycles. The molecule has 0 saturated carbocycles. The molecule has 2 aromatic heterocycles. The lowest BCUT2D eigenvalue weighted by Gasteiger charge is -2.29. The summed E-state index contributed by atoms with van der Waals surface area (Å²) < 4.78 is 40.2. The van der Waals surface area contributed by atoms with Gasteiger partial charge >= 0.3 is 6.09 Å². The summed E-state index contributed by atoms with van der Waals surface area (Å²) in [7, 11) is 0. The van der Waals surface area contributed by atoms with E-state index in [2.05, 4.69) is 30.9 Å². The molecule has 31 heavy (non-hydrogen) atoms. The summed E-state index contributed by atoms with van der Waals surface area (Å²) in [6.45, 7) is 3.24. The molecule has 164 valence electrons. The number of nitrogens with zero attached hydrogens (tertiary/aromatic N) is 5.